The Labute approximate surface area is 399 Å². The maximum Gasteiger partial charge on any atom is 0.0631 e. The van der Waals surface area contributed by atoms with Crippen LogP contribution < -0.4 is 14.7 Å². The molecule has 4 heteroatoms. The number of fused-ring (bicyclic) bond motifs is 6. The van der Waals surface area contributed by atoms with E-state index >= 15 is 0 Å². The molecule has 0 bridgehead atoms. The molecule has 0 saturated carbocycles. The molecule has 7 aliphatic carbocycles. The summed E-state index contributed by atoms with van der Waals surface area (Å²) in [6.45, 7) is 6.80. The Balaban J connectivity index is 0.790. The first kappa shape index (κ1) is 41.9. The van der Waals surface area contributed by atoms with Gasteiger partial charge in [-0.2, -0.15) is 0 Å². The molecule has 3 aromatic rings. The van der Waals surface area contributed by atoms with Crippen LogP contribution >= 0.6 is 0 Å². The number of para-hydroxylation sites is 2. The largest absolute Gasteiger partial charge is 0.358 e. The quantitative estimate of drug-likeness (QED) is 0.199. The van der Waals surface area contributed by atoms with Crippen LogP contribution in [0, 0.1) is 30.6 Å². The maximum atomic E-state index is 2.74. The van der Waals surface area contributed by atoms with Gasteiger partial charge in [0, 0.05) is 57.6 Å². The van der Waals surface area contributed by atoms with Crippen molar-refractivity contribution in [2.24, 2.45) is 23.7 Å². The van der Waals surface area contributed by atoms with Gasteiger partial charge < -0.3 is 19.6 Å². The summed E-state index contributed by atoms with van der Waals surface area (Å²) in [5, 5.41) is 0. The average Bonchev–Trinajstić information content (AvgIpc) is 3.88. The summed E-state index contributed by atoms with van der Waals surface area (Å²) >= 11 is 0. The van der Waals surface area contributed by atoms with Gasteiger partial charge in [0.1, 0.15) is 0 Å². The van der Waals surface area contributed by atoms with E-state index in [1.165, 1.54) is 62.0 Å². The minimum absolute atomic E-state index is 0.267. The minimum atomic E-state index is 0.267. The van der Waals surface area contributed by atoms with Crippen LogP contribution in [-0.4, -0.2) is 41.2 Å². The third-order valence-electron chi connectivity index (χ3n) is 16.3. The van der Waals surface area contributed by atoms with Gasteiger partial charge in [0.05, 0.1) is 30.2 Å². The predicted octanol–water partition coefficient (Wildman–Crippen LogP) is 14.1. The number of allylic oxidation sites excluding steroid dienone is 14. The molecule has 0 N–H and O–H groups in total. The van der Waals surface area contributed by atoms with E-state index in [2.05, 4.69) is 241 Å². The fourth-order valence-corrected chi connectivity index (χ4v) is 12.9. The summed E-state index contributed by atoms with van der Waals surface area (Å²) in [4.78, 5) is 10.7. The molecular formula is C63H64N4. The summed E-state index contributed by atoms with van der Waals surface area (Å²) in [6.07, 6.45) is 54.9. The first-order chi connectivity index (χ1) is 33.0. The van der Waals surface area contributed by atoms with Gasteiger partial charge >= 0.3 is 0 Å². The Morgan fingerprint density at radius 2 is 1.42 bits per heavy atom. The van der Waals surface area contributed by atoms with Crippen molar-refractivity contribution in [3.8, 4) is 0 Å². The van der Waals surface area contributed by atoms with Crippen molar-refractivity contribution in [1.29, 1.82) is 0 Å². The summed E-state index contributed by atoms with van der Waals surface area (Å²) in [5.74, 6) is 1.90. The monoisotopic (exact) mass is 877 g/mol. The first-order valence-corrected chi connectivity index (χ1v) is 25.3. The van der Waals surface area contributed by atoms with Crippen molar-refractivity contribution in [1.82, 2.24) is 4.90 Å². The molecular weight excluding hydrogens is 813 g/mol. The molecule has 10 atom stereocenters. The smallest absolute Gasteiger partial charge is 0.0631 e. The van der Waals surface area contributed by atoms with Gasteiger partial charge in [0.15, 0.2) is 0 Å². The Morgan fingerprint density at radius 1 is 0.612 bits per heavy atom. The van der Waals surface area contributed by atoms with E-state index in [4.69, 9.17) is 0 Å². The Bertz CT molecular complexity index is 2810. The molecule has 1 fully saturated rings. The van der Waals surface area contributed by atoms with Crippen molar-refractivity contribution >= 4 is 22.6 Å². The minimum Gasteiger partial charge on any atom is -0.358 e. The van der Waals surface area contributed by atoms with E-state index in [1.54, 1.807) is 0 Å². The normalized spacial score (nSPS) is 30.9. The highest BCUT2D eigenvalue weighted by Gasteiger charge is 2.49. The topological polar surface area (TPSA) is 13.0 Å². The van der Waals surface area contributed by atoms with Crippen LogP contribution in [0.3, 0.4) is 0 Å². The van der Waals surface area contributed by atoms with E-state index in [1.807, 2.05) is 0 Å². The number of benzene rings is 3. The van der Waals surface area contributed by atoms with Gasteiger partial charge in [-0.05, 0) is 124 Å². The van der Waals surface area contributed by atoms with Gasteiger partial charge in [-0.15, -0.1) is 0 Å². The van der Waals surface area contributed by atoms with Crippen molar-refractivity contribution < 1.29 is 0 Å². The summed E-state index contributed by atoms with van der Waals surface area (Å²) < 4.78 is 0. The van der Waals surface area contributed by atoms with Crippen molar-refractivity contribution in [3.63, 3.8) is 0 Å². The SMILES string of the molecule is CC1=CCC(N(C2=CCC(C3=CCC(N(c4ccc(C)cc4)C4C=CC5C(C4)C4C=CC=CC4N5c4ccccc4)C=C3)C=C2)C2=CCC3C(=C2)c2ccccc2N3C2=CC=CCC2C)C=C1. The van der Waals surface area contributed by atoms with Crippen molar-refractivity contribution in [2.75, 3.05) is 14.7 Å². The number of hydrogen-bond donors (Lipinski definition) is 0. The zero-order valence-corrected chi connectivity index (χ0v) is 39.4. The zero-order chi connectivity index (χ0) is 45.0. The molecule has 0 aromatic heterocycles. The van der Waals surface area contributed by atoms with Crippen LogP contribution in [0.2, 0.25) is 0 Å². The van der Waals surface area contributed by atoms with Gasteiger partial charge in [-0.1, -0.05) is 170 Å². The van der Waals surface area contributed by atoms with Crippen LogP contribution in [0.15, 0.2) is 229 Å². The third-order valence-corrected chi connectivity index (χ3v) is 16.3. The van der Waals surface area contributed by atoms with Crippen LogP contribution in [0.1, 0.15) is 63.5 Å². The van der Waals surface area contributed by atoms with E-state index in [0.29, 0.717) is 47.8 Å². The van der Waals surface area contributed by atoms with Crippen LogP contribution in [0.4, 0.5) is 17.1 Å². The molecule has 336 valence electrons. The third kappa shape index (κ3) is 7.63. The lowest BCUT2D eigenvalue weighted by molar-refractivity contribution is 0.364. The lowest BCUT2D eigenvalue weighted by atomic mass is 9.77. The number of rotatable bonds is 9. The van der Waals surface area contributed by atoms with Crippen molar-refractivity contribution in [3.05, 3.63) is 240 Å². The molecule has 0 spiro atoms. The first-order valence-electron chi connectivity index (χ1n) is 25.3. The van der Waals surface area contributed by atoms with E-state index in [9.17, 15) is 0 Å². The van der Waals surface area contributed by atoms with Crippen LogP contribution in [0.25, 0.3) is 5.57 Å². The molecule has 2 aliphatic heterocycles. The summed E-state index contributed by atoms with van der Waals surface area (Å²) in [6, 6.07) is 31.4. The Morgan fingerprint density at radius 3 is 2.21 bits per heavy atom. The zero-order valence-electron chi connectivity index (χ0n) is 39.4. The lowest BCUT2D eigenvalue weighted by Crippen LogP contribution is -2.47. The number of aryl methyl sites for hydroxylation is 1. The molecule has 2 heterocycles. The number of nitrogens with zero attached hydrogens (tertiary/aromatic N) is 4. The van der Waals surface area contributed by atoms with Crippen LogP contribution in [0.5, 0.6) is 0 Å². The van der Waals surface area contributed by atoms with Gasteiger partial charge in [-0.3, -0.25) is 0 Å². The fourth-order valence-electron chi connectivity index (χ4n) is 12.9. The Kier molecular flexibility index (Phi) is 11.0. The second kappa shape index (κ2) is 17.6. The average molecular weight is 877 g/mol. The molecule has 0 amide bonds. The number of anilines is 3. The molecule has 12 rings (SSSR count). The van der Waals surface area contributed by atoms with E-state index in [0.717, 1.165) is 38.5 Å². The van der Waals surface area contributed by atoms with Gasteiger partial charge in [0.2, 0.25) is 0 Å². The highest BCUT2D eigenvalue weighted by molar-refractivity contribution is 5.91. The molecule has 10 unspecified atom stereocenters. The lowest BCUT2D eigenvalue weighted by Gasteiger charge is -2.43. The fraction of sp³-hybridized carbons (Fsp3) is 0.302. The summed E-state index contributed by atoms with van der Waals surface area (Å²) in [5.41, 5.74) is 15.0. The van der Waals surface area contributed by atoms with Crippen LogP contribution in [-0.2, 0) is 0 Å². The number of hydrogen-bond acceptors (Lipinski definition) is 4. The highest BCUT2D eigenvalue weighted by atomic mass is 15.2. The molecule has 1 saturated heterocycles. The van der Waals surface area contributed by atoms with Crippen molar-refractivity contribution in [2.45, 2.75) is 95.5 Å². The second-order valence-electron chi connectivity index (χ2n) is 20.4. The molecule has 3 aromatic carbocycles. The highest BCUT2D eigenvalue weighted by Crippen LogP contribution is 2.50. The molecule has 67 heavy (non-hydrogen) atoms. The van der Waals surface area contributed by atoms with Gasteiger partial charge in [-0.25, -0.2) is 0 Å². The molecule has 9 aliphatic rings. The van der Waals surface area contributed by atoms with Gasteiger partial charge in [0.25, 0.3) is 0 Å². The maximum absolute atomic E-state index is 2.74. The Hall–Kier alpha value is -6.52. The van der Waals surface area contributed by atoms with E-state index < -0.39 is 0 Å². The van der Waals surface area contributed by atoms with E-state index in [-0.39, 0.29) is 12.1 Å². The standard InChI is InChI=1S/C63H64N4/c1-43-21-29-49(30-22-43)64(53-37-39-62-57(41-53)55-16-8-11-19-60(55)66(62)48-14-5-4-6-15-48)51-33-25-46(26-34-51)47-27-35-52(36-28-47)65(50-31-23-44(2)24-32-50)54-38-40-63-58(42-54)56-17-9-12-20-61(56)67(63)59-18-10-7-13-45(59)3/h4-12,14-27,29-31,33,35-39,42,45,47,50-51,53,55,57,60,62-63H,13,28,32,34,40-41H2,1-3H3. The second-order valence-corrected chi connectivity index (χ2v) is 20.4. The molecule has 4 nitrogen and oxygen atoms in total. The molecule has 0 radical (unpaired) electrons. The predicted molar refractivity (Wildman–Crippen MR) is 281 cm³/mol. The summed E-state index contributed by atoms with van der Waals surface area (Å²) in [7, 11) is 0.